The van der Waals surface area contributed by atoms with Crippen LogP contribution in [0.25, 0.3) is 0 Å². The number of nitrogens with zero attached hydrogens (tertiary/aromatic N) is 2. The number of likely N-dealkylation sites (N-methyl/N-ethyl adjacent to an activating group) is 1. The summed E-state index contributed by atoms with van der Waals surface area (Å²) in [6, 6.07) is 8.88. The van der Waals surface area contributed by atoms with Gasteiger partial charge >= 0.3 is 0 Å². The fourth-order valence-corrected chi connectivity index (χ4v) is 3.09. The fraction of sp³-hybridized carbons (Fsp3) is 0.647. The number of piperazine rings is 1. The van der Waals surface area contributed by atoms with Gasteiger partial charge in [0.15, 0.2) is 0 Å². The summed E-state index contributed by atoms with van der Waals surface area (Å²) in [5.41, 5.74) is 2.97. The predicted octanol–water partition coefficient (Wildman–Crippen LogP) is 2.11. The zero-order valence-electron chi connectivity index (χ0n) is 13.4. The third kappa shape index (κ3) is 4.30. The zero-order chi connectivity index (χ0) is 14.6. The van der Waals surface area contributed by atoms with Crippen molar-refractivity contribution < 1.29 is 0 Å². The molecule has 0 aliphatic carbocycles. The molecule has 1 aromatic rings. The summed E-state index contributed by atoms with van der Waals surface area (Å²) in [6.07, 6.45) is 0. The molecule has 0 saturated carbocycles. The Kier molecular flexibility index (Phi) is 5.19. The second kappa shape index (κ2) is 6.70. The van der Waals surface area contributed by atoms with E-state index in [2.05, 4.69) is 67.2 Å². The Labute approximate surface area is 124 Å². The highest BCUT2D eigenvalue weighted by atomic mass is 15.3. The summed E-state index contributed by atoms with van der Waals surface area (Å²) in [4.78, 5) is 5.04. The summed E-state index contributed by atoms with van der Waals surface area (Å²) in [5, 5.41) is 3.43. The van der Waals surface area contributed by atoms with Gasteiger partial charge in [-0.2, -0.15) is 0 Å². The van der Waals surface area contributed by atoms with Crippen molar-refractivity contribution in [2.45, 2.75) is 32.9 Å². The molecular weight excluding hydrogens is 246 g/mol. The van der Waals surface area contributed by atoms with E-state index in [0.717, 1.165) is 39.3 Å². The highest BCUT2D eigenvalue weighted by Crippen LogP contribution is 2.17. The monoisotopic (exact) mass is 275 g/mol. The molecule has 1 aliphatic rings. The molecule has 0 spiro atoms. The van der Waals surface area contributed by atoms with E-state index in [0.29, 0.717) is 0 Å². The van der Waals surface area contributed by atoms with Gasteiger partial charge < -0.3 is 10.2 Å². The molecule has 0 unspecified atom stereocenters. The van der Waals surface area contributed by atoms with Crippen molar-refractivity contribution in [3.05, 3.63) is 35.4 Å². The Bertz CT molecular complexity index is 405. The third-order valence-electron chi connectivity index (χ3n) is 4.20. The van der Waals surface area contributed by atoms with E-state index in [1.165, 1.54) is 11.1 Å². The number of hydrogen-bond acceptors (Lipinski definition) is 3. The maximum atomic E-state index is 3.43. The Morgan fingerprint density at radius 3 is 2.35 bits per heavy atom. The van der Waals surface area contributed by atoms with E-state index < -0.39 is 0 Å². The van der Waals surface area contributed by atoms with Crippen molar-refractivity contribution in [2.75, 3.05) is 39.8 Å². The summed E-state index contributed by atoms with van der Waals surface area (Å²) < 4.78 is 0. The van der Waals surface area contributed by atoms with Crippen LogP contribution in [0.15, 0.2) is 24.3 Å². The highest BCUT2D eigenvalue weighted by molar-refractivity contribution is 5.21. The Hall–Kier alpha value is -0.900. The average molecular weight is 275 g/mol. The van der Waals surface area contributed by atoms with Crippen molar-refractivity contribution >= 4 is 0 Å². The maximum Gasteiger partial charge on any atom is 0.0281 e. The molecule has 1 aliphatic heterocycles. The van der Waals surface area contributed by atoms with E-state index in [4.69, 9.17) is 0 Å². The minimum Gasteiger partial charge on any atom is -0.314 e. The Morgan fingerprint density at radius 2 is 1.75 bits per heavy atom. The third-order valence-corrected chi connectivity index (χ3v) is 4.20. The predicted molar refractivity (Wildman–Crippen MR) is 86.0 cm³/mol. The van der Waals surface area contributed by atoms with E-state index in [1.807, 2.05) is 0 Å². The lowest BCUT2D eigenvalue weighted by molar-refractivity contribution is 0.0693. The van der Waals surface area contributed by atoms with Gasteiger partial charge in [-0.15, -0.1) is 0 Å². The number of hydrogen-bond donors (Lipinski definition) is 1. The van der Waals surface area contributed by atoms with E-state index in [1.54, 1.807) is 0 Å². The van der Waals surface area contributed by atoms with Crippen LogP contribution in [0.2, 0.25) is 0 Å². The van der Waals surface area contributed by atoms with Crippen molar-refractivity contribution in [3.63, 3.8) is 0 Å². The van der Waals surface area contributed by atoms with Crippen LogP contribution in [-0.2, 0) is 6.54 Å². The molecule has 0 aromatic heterocycles. The lowest BCUT2D eigenvalue weighted by Gasteiger charge is -2.43. The molecule has 20 heavy (non-hydrogen) atoms. The molecule has 3 heteroatoms. The standard InChI is InChI=1S/C17H29N3/c1-15-5-7-16(8-6-15)13-19(4)14-17(2,3)20-11-9-18-10-12-20/h5-8,18H,9-14H2,1-4H3. The lowest BCUT2D eigenvalue weighted by Crippen LogP contribution is -2.57. The second-order valence-corrected chi connectivity index (χ2v) is 6.71. The molecule has 112 valence electrons. The first-order valence-corrected chi connectivity index (χ1v) is 7.67. The Morgan fingerprint density at radius 1 is 1.15 bits per heavy atom. The first kappa shape index (κ1) is 15.5. The molecule has 1 N–H and O–H groups in total. The molecule has 0 amide bonds. The van der Waals surface area contributed by atoms with Gasteiger partial charge in [-0.1, -0.05) is 29.8 Å². The molecule has 0 atom stereocenters. The van der Waals surface area contributed by atoms with E-state index in [-0.39, 0.29) is 5.54 Å². The van der Waals surface area contributed by atoms with Gasteiger partial charge in [0.25, 0.3) is 0 Å². The van der Waals surface area contributed by atoms with Crippen LogP contribution >= 0.6 is 0 Å². The van der Waals surface area contributed by atoms with E-state index in [9.17, 15) is 0 Å². The second-order valence-electron chi connectivity index (χ2n) is 6.71. The van der Waals surface area contributed by atoms with Gasteiger partial charge in [0, 0.05) is 44.8 Å². The number of benzene rings is 1. The van der Waals surface area contributed by atoms with Gasteiger partial charge in [-0.05, 0) is 33.4 Å². The molecule has 0 bridgehead atoms. The molecule has 0 radical (unpaired) electrons. The van der Waals surface area contributed by atoms with Crippen LogP contribution in [0.5, 0.6) is 0 Å². The van der Waals surface area contributed by atoms with Crippen molar-refractivity contribution in [3.8, 4) is 0 Å². The van der Waals surface area contributed by atoms with Gasteiger partial charge in [0.05, 0.1) is 0 Å². The maximum absolute atomic E-state index is 3.43. The number of aryl methyl sites for hydroxylation is 1. The van der Waals surface area contributed by atoms with Crippen LogP contribution in [0.4, 0.5) is 0 Å². The van der Waals surface area contributed by atoms with Crippen molar-refractivity contribution in [2.24, 2.45) is 0 Å². The molecule has 3 nitrogen and oxygen atoms in total. The van der Waals surface area contributed by atoms with Crippen molar-refractivity contribution in [1.82, 2.24) is 15.1 Å². The number of rotatable bonds is 5. The smallest absolute Gasteiger partial charge is 0.0281 e. The molecule has 1 heterocycles. The molecule has 1 aromatic carbocycles. The van der Waals surface area contributed by atoms with Crippen LogP contribution in [0, 0.1) is 6.92 Å². The fourth-order valence-electron chi connectivity index (χ4n) is 3.09. The summed E-state index contributed by atoms with van der Waals surface area (Å²) in [5.74, 6) is 0. The molecular formula is C17H29N3. The quantitative estimate of drug-likeness (QED) is 0.888. The SMILES string of the molecule is Cc1ccc(CN(C)CC(C)(C)N2CCNCC2)cc1. The normalized spacial score (nSPS) is 17.6. The van der Waals surface area contributed by atoms with Crippen LogP contribution in [0.3, 0.4) is 0 Å². The van der Waals surface area contributed by atoms with Gasteiger partial charge in [0.1, 0.15) is 0 Å². The van der Waals surface area contributed by atoms with Gasteiger partial charge in [-0.25, -0.2) is 0 Å². The first-order chi connectivity index (χ1) is 9.47. The van der Waals surface area contributed by atoms with Crippen LogP contribution < -0.4 is 5.32 Å². The van der Waals surface area contributed by atoms with Gasteiger partial charge in [0.2, 0.25) is 0 Å². The van der Waals surface area contributed by atoms with Crippen molar-refractivity contribution in [1.29, 1.82) is 0 Å². The number of nitrogens with one attached hydrogen (secondary N) is 1. The zero-order valence-corrected chi connectivity index (χ0v) is 13.4. The molecule has 2 rings (SSSR count). The largest absolute Gasteiger partial charge is 0.314 e. The summed E-state index contributed by atoms with van der Waals surface area (Å²) >= 11 is 0. The summed E-state index contributed by atoms with van der Waals surface area (Å²) in [6.45, 7) is 13.5. The van der Waals surface area contributed by atoms with Gasteiger partial charge in [-0.3, -0.25) is 4.90 Å². The Balaban J connectivity index is 1.89. The van der Waals surface area contributed by atoms with Crippen LogP contribution in [-0.4, -0.2) is 55.1 Å². The minimum atomic E-state index is 0.238. The summed E-state index contributed by atoms with van der Waals surface area (Å²) in [7, 11) is 2.23. The molecule has 1 fully saturated rings. The first-order valence-electron chi connectivity index (χ1n) is 7.67. The lowest BCUT2D eigenvalue weighted by atomic mass is 10.0. The minimum absolute atomic E-state index is 0.238. The highest BCUT2D eigenvalue weighted by Gasteiger charge is 2.28. The average Bonchev–Trinajstić information content (AvgIpc) is 2.42. The molecule has 1 saturated heterocycles. The topological polar surface area (TPSA) is 18.5 Å². The van der Waals surface area contributed by atoms with E-state index >= 15 is 0 Å². The van der Waals surface area contributed by atoms with Crippen LogP contribution in [0.1, 0.15) is 25.0 Å².